The molecule has 0 bridgehead atoms. The van der Waals surface area contributed by atoms with Crippen molar-refractivity contribution < 1.29 is 13.2 Å². The van der Waals surface area contributed by atoms with Gasteiger partial charge in [-0.05, 0) is 55.7 Å². The summed E-state index contributed by atoms with van der Waals surface area (Å²) in [5.74, 6) is -0.218. The van der Waals surface area contributed by atoms with E-state index in [2.05, 4.69) is 30.0 Å². The second-order valence-corrected chi connectivity index (χ2v) is 10.6. The number of carbonyl (C=O) groups is 1. The molecule has 166 valence electrons. The normalized spacial score (nSPS) is 18.3. The van der Waals surface area contributed by atoms with Crippen LogP contribution in [0, 0.1) is 6.92 Å². The maximum absolute atomic E-state index is 13.2. The number of anilines is 1. The highest BCUT2D eigenvalue weighted by Crippen LogP contribution is 2.27. The first-order valence-electron chi connectivity index (χ1n) is 10.8. The molecule has 1 amide bonds. The zero-order valence-corrected chi connectivity index (χ0v) is 19.3. The third kappa shape index (κ3) is 4.73. The lowest BCUT2D eigenvalue weighted by Gasteiger charge is -2.36. The van der Waals surface area contributed by atoms with Crippen LogP contribution in [-0.4, -0.2) is 62.8 Å². The minimum atomic E-state index is -3.62. The lowest BCUT2D eigenvalue weighted by Crippen LogP contribution is -2.48. The monoisotopic (exact) mass is 461 g/mol. The van der Waals surface area contributed by atoms with Crippen LogP contribution in [0.2, 0.25) is 5.02 Å². The summed E-state index contributed by atoms with van der Waals surface area (Å²) >= 11 is 6.32. The molecular formula is C23H28ClN3O3S. The van der Waals surface area contributed by atoms with E-state index in [-0.39, 0.29) is 21.4 Å². The maximum Gasteiger partial charge on any atom is 0.255 e. The van der Waals surface area contributed by atoms with Gasteiger partial charge in [0.25, 0.3) is 5.91 Å². The van der Waals surface area contributed by atoms with Crippen molar-refractivity contribution in [2.45, 2.75) is 31.1 Å². The molecule has 2 aliphatic rings. The number of rotatable bonds is 4. The number of sulfonamides is 1. The molecule has 2 aromatic rings. The molecule has 4 rings (SSSR count). The van der Waals surface area contributed by atoms with E-state index in [1.54, 1.807) is 4.90 Å². The van der Waals surface area contributed by atoms with Crippen LogP contribution in [0.4, 0.5) is 5.69 Å². The first-order valence-corrected chi connectivity index (χ1v) is 12.6. The molecule has 0 unspecified atom stereocenters. The molecule has 8 heteroatoms. The molecule has 31 heavy (non-hydrogen) atoms. The number of carbonyl (C=O) groups excluding carboxylic acids is 1. The Labute approximate surface area is 189 Å². The van der Waals surface area contributed by atoms with Gasteiger partial charge in [-0.2, -0.15) is 4.31 Å². The standard InChI is InChI=1S/C23H28ClN3O3S/c1-18-6-5-7-19(16-18)25-12-14-26(15-13-25)23(28)21-17-20(8-9-22(21)24)31(29,30)27-10-3-2-4-11-27/h5-9,16-17H,2-4,10-15H2,1H3. The largest absolute Gasteiger partial charge is 0.368 e. The highest BCUT2D eigenvalue weighted by Gasteiger charge is 2.29. The SMILES string of the molecule is Cc1cccc(N2CCN(C(=O)c3cc(S(=O)(=O)N4CCCCC4)ccc3Cl)CC2)c1. The maximum atomic E-state index is 13.2. The van der Waals surface area contributed by atoms with Gasteiger partial charge < -0.3 is 9.80 Å². The molecule has 2 heterocycles. The van der Waals surface area contributed by atoms with Crippen molar-refractivity contribution in [3.63, 3.8) is 0 Å². The van der Waals surface area contributed by atoms with Gasteiger partial charge in [-0.3, -0.25) is 4.79 Å². The number of benzene rings is 2. The summed E-state index contributed by atoms with van der Waals surface area (Å²) in [4.78, 5) is 17.3. The van der Waals surface area contributed by atoms with Crippen molar-refractivity contribution in [3.8, 4) is 0 Å². The summed E-state index contributed by atoms with van der Waals surface area (Å²) in [7, 11) is -3.62. The topological polar surface area (TPSA) is 60.9 Å². The van der Waals surface area contributed by atoms with E-state index >= 15 is 0 Å². The first-order chi connectivity index (χ1) is 14.9. The van der Waals surface area contributed by atoms with Crippen LogP contribution >= 0.6 is 11.6 Å². The minimum Gasteiger partial charge on any atom is -0.368 e. The zero-order valence-electron chi connectivity index (χ0n) is 17.8. The summed E-state index contributed by atoms with van der Waals surface area (Å²) < 4.78 is 27.6. The predicted molar refractivity (Wildman–Crippen MR) is 123 cm³/mol. The van der Waals surface area contributed by atoms with Crippen LogP contribution in [-0.2, 0) is 10.0 Å². The van der Waals surface area contributed by atoms with Crippen LogP contribution in [0.5, 0.6) is 0 Å². The first kappa shape index (κ1) is 22.1. The molecule has 0 aliphatic carbocycles. The Balaban J connectivity index is 1.49. The van der Waals surface area contributed by atoms with Crippen molar-refractivity contribution >= 4 is 33.2 Å². The predicted octanol–water partition coefficient (Wildman–Crippen LogP) is 3.79. The highest BCUT2D eigenvalue weighted by atomic mass is 35.5. The molecule has 0 N–H and O–H groups in total. The third-order valence-corrected chi connectivity index (χ3v) is 8.28. The summed E-state index contributed by atoms with van der Waals surface area (Å²) in [6.45, 7) is 5.68. The Morgan fingerprint density at radius 2 is 1.61 bits per heavy atom. The van der Waals surface area contributed by atoms with E-state index in [4.69, 9.17) is 11.6 Å². The van der Waals surface area contributed by atoms with E-state index in [1.165, 1.54) is 28.1 Å². The van der Waals surface area contributed by atoms with Gasteiger partial charge in [-0.15, -0.1) is 0 Å². The van der Waals surface area contributed by atoms with E-state index in [0.717, 1.165) is 38.0 Å². The number of hydrogen-bond acceptors (Lipinski definition) is 4. The van der Waals surface area contributed by atoms with Gasteiger partial charge in [0.2, 0.25) is 10.0 Å². The second-order valence-electron chi connectivity index (χ2n) is 8.22. The lowest BCUT2D eigenvalue weighted by molar-refractivity contribution is 0.0746. The van der Waals surface area contributed by atoms with Gasteiger partial charge in [0.1, 0.15) is 0 Å². The van der Waals surface area contributed by atoms with Gasteiger partial charge in [-0.1, -0.05) is 30.2 Å². The van der Waals surface area contributed by atoms with Crippen LogP contribution < -0.4 is 4.90 Å². The minimum absolute atomic E-state index is 0.139. The molecule has 0 atom stereocenters. The molecule has 0 spiro atoms. The van der Waals surface area contributed by atoms with Gasteiger partial charge in [0.15, 0.2) is 0 Å². The van der Waals surface area contributed by atoms with Gasteiger partial charge >= 0.3 is 0 Å². The average Bonchev–Trinajstić information content (AvgIpc) is 2.79. The van der Waals surface area contributed by atoms with E-state index in [1.807, 2.05) is 6.07 Å². The van der Waals surface area contributed by atoms with Crippen molar-refractivity contribution in [1.82, 2.24) is 9.21 Å². The Bertz CT molecular complexity index is 1060. The van der Waals surface area contributed by atoms with Crippen LogP contribution in [0.25, 0.3) is 0 Å². The van der Waals surface area contributed by atoms with Gasteiger partial charge in [0.05, 0.1) is 15.5 Å². The van der Waals surface area contributed by atoms with E-state index in [9.17, 15) is 13.2 Å². The third-order valence-electron chi connectivity index (χ3n) is 6.05. The molecular weight excluding hydrogens is 434 g/mol. The van der Waals surface area contributed by atoms with Crippen LogP contribution in [0.1, 0.15) is 35.2 Å². The molecule has 2 saturated heterocycles. The number of piperazine rings is 1. The fourth-order valence-electron chi connectivity index (χ4n) is 4.25. The summed E-state index contributed by atoms with van der Waals surface area (Å²) in [6, 6.07) is 12.8. The summed E-state index contributed by atoms with van der Waals surface area (Å²) in [5.41, 5.74) is 2.61. The fourth-order valence-corrected chi connectivity index (χ4v) is 5.99. The van der Waals surface area contributed by atoms with Crippen molar-refractivity contribution in [3.05, 3.63) is 58.6 Å². The molecule has 2 aliphatic heterocycles. The number of halogens is 1. The number of aryl methyl sites for hydroxylation is 1. The van der Waals surface area contributed by atoms with Crippen molar-refractivity contribution in [2.75, 3.05) is 44.2 Å². The van der Waals surface area contributed by atoms with Crippen molar-refractivity contribution in [2.24, 2.45) is 0 Å². The zero-order chi connectivity index (χ0) is 22.0. The smallest absolute Gasteiger partial charge is 0.255 e. The van der Waals surface area contributed by atoms with Crippen molar-refractivity contribution in [1.29, 1.82) is 0 Å². The Hall–Kier alpha value is -2.09. The average molecular weight is 462 g/mol. The van der Waals surface area contributed by atoms with Gasteiger partial charge in [0, 0.05) is 45.0 Å². The molecule has 2 fully saturated rings. The van der Waals surface area contributed by atoms with Crippen LogP contribution in [0.3, 0.4) is 0 Å². The molecule has 0 saturated carbocycles. The molecule has 2 aromatic carbocycles. The van der Waals surface area contributed by atoms with E-state index < -0.39 is 10.0 Å². The number of hydrogen-bond donors (Lipinski definition) is 0. The second kappa shape index (κ2) is 9.18. The van der Waals surface area contributed by atoms with E-state index in [0.29, 0.717) is 26.2 Å². The number of nitrogens with zero attached hydrogens (tertiary/aromatic N) is 3. The molecule has 0 aromatic heterocycles. The molecule has 6 nitrogen and oxygen atoms in total. The highest BCUT2D eigenvalue weighted by molar-refractivity contribution is 7.89. The molecule has 0 radical (unpaired) electrons. The number of piperidine rings is 1. The van der Waals surface area contributed by atoms with Crippen LogP contribution in [0.15, 0.2) is 47.4 Å². The Morgan fingerprint density at radius 3 is 2.29 bits per heavy atom. The summed E-state index contributed by atoms with van der Waals surface area (Å²) in [6.07, 6.45) is 2.78. The van der Waals surface area contributed by atoms with Gasteiger partial charge in [-0.25, -0.2) is 8.42 Å². The quantitative estimate of drug-likeness (QED) is 0.695. The lowest BCUT2D eigenvalue weighted by atomic mass is 10.1. The fraction of sp³-hybridized carbons (Fsp3) is 0.435. The summed E-state index contributed by atoms with van der Waals surface area (Å²) in [5, 5.41) is 0.281. The number of amides is 1. The Kier molecular flexibility index (Phi) is 6.55. The Morgan fingerprint density at radius 1 is 0.903 bits per heavy atom.